The molecule has 0 aliphatic carbocycles. The number of aryl methyl sites for hydroxylation is 1. The van der Waals surface area contributed by atoms with Crippen LogP contribution in [-0.4, -0.2) is 5.11 Å². The van der Waals surface area contributed by atoms with Crippen LogP contribution in [0.15, 0.2) is 22.7 Å². The fourth-order valence-corrected chi connectivity index (χ4v) is 1.70. The second-order valence-electron chi connectivity index (χ2n) is 2.62. The van der Waals surface area contributed by atoms with Crippen molar-refractivity contribution in [2.24, 2.45) is 5.84 Å². The van der Waals surface area contributed by atoms with Gasteiger partial charge in [-0.15, -0.1) is 0 Å². The molecule has 0 aliphatic heterocycles. The third kappa shape index (κ3) is 3.30. The first kappa shape index (κ1) is 10.4. The number of nitrogens with one attached hydrogen (secondary N) is 2. The number of hydrogen-bond acceptors (Lipinski definition) is 2. The molecule has 0 bridgehead atoms. The molecule has 0 saturated heterocycles. The summed E-state index contributed by atoms with van der Waals surface area (Å²) in [6.07, 6.45) is 0. The standard InChI is InChI=1S/C8H10BrN3S/c1-5-2-6(9)4-7(3-5)11-8(13)12-10/h2-4H,10H2,1H3,(H2,11,12,13). The molecule has 1 aromatic rings. The Morgan fingerprint density at radius 3 is 2.69 bits per heavy atom. The minimum absolute atomic E-state index is 0.400. The molecule has 0 radical (unpaired) electrons. The van der Waals surface area contributed by atoms with Crippen LogP contribution >= 0.6 is 28.1 Å². The lowest BCUT2D eigenvalue weighted by atomic mass is 10.2. The van der Waals surface area contributed by atoms with Crippen LogP contribution in [0.4, 0.5) is 5.69 Å². The third-order valence-corrected chi connectivity index (χ3v) is 2.11. The topological polar surface area (TPSA) is 50.1 Å². The van der Waals surface area contributed by atoms with Gasteiger partial charge in [0.15, 0.2) is 5.11 Å². The molecule has 4 N–H and O–H groups in total. The molecule has 0 fully saturated rings. The van der Waals surface area contributed by atoms with Gasteiger partial charge in [0.2, 0.25) is 0 Å². The number of hydrogen-bond donors (Lipinski definition) is 3. The van der Waals surface area contributed by atoms with Crippen molar-refractivity contribution in [1.29, 1.82) is 0 Å². The van der Waals surface area contributed by atoms with Gasteiger partial charge in [-0.25, -0.2) is 5.84 Å². The van der Waals surface area contributed by atoms with E-state index in [-0.39, 0.29) is 0 Å². The van der Waals surface area contributed by atoms with Crippen molar-refractivity contribution in [3.05, 3.63) is 28.2 Å². The van der Waals surface area contributed by atoms with Crippen molar-refractivity contribution in [1.82, 2.24) is 5.43 Å². The van der Waals surface area contributed by atoms with Crippen LogP contribution in [0.3, 0.4) is 0 Å². The van der Waals surface area contributed by atoms with E-state index >= 15 is 0 Å². The fourth-order valence-electron chi connectivity index (χ4n) is 0.976. The van der Waals surface area contributed by atoms with Gasteiger partial charge in [-0.2, -0.15) is 0 Å². The van der Waals surface area contributed by atoms with Crippen LogP contribution < -0.4 is 16.6 Å². The summed E-state index contributed by atoms with van der Waals surface area (Å²) in [5.41, 5.74) is 4.42. The van der Waals surface area contributed by atoms with Crippen LogP contribution in [0.2, 0.25) is 0 Å². The molecule has 3 nitrogen and oxygen atoms in total. The van der Waals surface area contributed by atoms with Gasteiger partial charge in [0.25, 0.3) is 0 Å². The van der Waals surface area contributed by atoms with Crippen molar-refractivity contribution < 1.29 is 0 Å². The molecule has 13 heavy (non-hydrogen) atoms. The van der Waals surface area contributed by atoms with E-state index in [1.165, 1.54) is 0 Å². The molecule has 0 aliphatic rings. The number of anilines is 1. The Balaban J connectivity index is 2.83. The third-order valence-electron chi connectivity index (χ3n) is 1.43. The summed E-state index contributed by atoms with van der Waals surface area (Å²) in [7, 11) is 0. The lowest BCUT2D eigenvalue weighted by Gasteiger charge is -2.07. The van der Waals surface area contributed by atoms with Crippen LogP contribution in [0.25, 0.3) is 0 Å². The summed E-state index contributed by atoms with van der Waals surface area (Å²) in [5.74, 6) is 5.13. The quantitative estimate of drug-likeness (QED) is 0.410. The van der Waals surface area contributed by atoms with Gasteiger partial charge in [0.05, 0.1) is 0 Å². The Bertz CT molecular complexity index is 307. The van der Waals surface area contributed by atoms with E-state index < -0.39 is 0 Å². The maximum absolute atomic E-state index is 5.13. The van der Waals surface area contributed by atoms with E-state index in [4.69, 9.17) is 18.1 Å². The summed E-state index contributed by atoms with van der Waals surface area (Å²) >= 11 is 8.25. The highest BCUT2D eigenvalue weighted by molar-refractivity contribution is 9.10. The molecule has 0 atom stereocenters. The summed E-state index contributed by atoms with van der Waals surface area (Å²) < 4.78 is 1.01. The maximum Gasteiger partial charge on any atom is 0.185 e. The lowest BCUT2D eigenvalue weighted by molar-refractivity contribution is 1.04. The predicted octanol–water partition coefficient (Wildman–Crippen LogP) is 1.92. The Morgan fingerprint density at radius 1 is 1.46 bits per heavy atom. The van der Waals surface area contributed by atoms with Crippen LogP contribution in [0.5, 0.6) is 0 Å². The highest BCUT2D eigenvalue weighted by atomic mass is 79.9. The van der Waals surface area contributed by atoms with E-state index in [1.807, 2.05) is 25.1 Å². The number of benzene rings is 1. The summed E-state index contributed by atoms with van der Waals surface area (Å²) in [6, 6.07) is 5.93. The average molecular weight is 260 g/mol. The lowest BCUT2D eigenvalue weighted by Crippen LogP contribution is -2.34. The normalized spacial score (nSPS) is 9.46. The largest absolute Gasteiger partial charge is 0.332 e. The number of nitrogens with two attached hydrogens (primary N) is 1. The van der Waals surface area contributed by atoms with Crippen LogP contribution in [0, 0.1) is 6.92 Å². The van der Waals surface area contributed by atoms with Gasteiger partial charge in [0, 0.05) is 10.2 Å². The summed E-state index contributed by atoms with van der Waals surface area (Å²) in [4.78, 5) is 0. The Kier molecular flexibility index (Phi) is 3.65. The first-order chi connectivity index (χ1) is 6.11. The molecule has 0 unspecified atom stereocenters. The van der Waals surface area contributed by atoms with Crippen molar-refractivity contribution in [2.45, 2.75) is 6.92 Å². The molecule has 0 aromatic heterocycles. The molecule has 1 aromatic carbocycles. The minimum atomic E-state index is 0.400. The van der Waals surface area contributed by atoms with E-state index in [2.05, 4.69) is 26.7 Å². The summed E-state index contributed by atoms with van der Waals surface area (Å²) in [5, 5.41) is 3.34. The van der Waals surface area contributed by atoms with Gasteiger partial charge < -0.3 is 10.7 Å². The predicted molar refractivity (Wildman–Crippen MR) is 62.4 cm³/mol. The van der Waals surface area contributed by atoms with E-state index in [0.29, 0.717) is 5.11 Å². The fraction of sp³-hybridized carbons (Fsp3) is 0.125. The zero-order valence-electron chi connectivity index (χ0n) is 7.10. The number of thiocarbonyl (C=S) groups is 1. The van der Waals surface area contributed by atoms with E-state index in [0.717, 1.165) is 15.7 Å². The SMILES string of the molecule is Cc1cc(Br)cc(NC(=S)NN)c1. The molecule has 1 rings (SSSR count). The van der Waals surface area contributed by atoms with Crippen LogP contribution in [0.1, 0.15) is 5.56 Å². The second kappa shape index (κ2) is 4.55. The summed E-state index contributed by atoms with van der Waals surface area (Å²) in [6.45, 7) is 2.01. The molecule has 70 valence electrons. The molecular formula is C8H10BrN3S. The maximum atomic E-state index is 5.13. The Hall–Kier alpha value is -0.650. The first-order valence-corrected chi connectivity index (χ1v) is 4.87. The van der Waals surface area contributed by atoms with E-state index in [9.17, 15) is 0 Å². The van der Waals surface area contributed by atoms with Crippen LogP contribution in [-0.2, 0) is 0 Å². The zero-order valence-corrected chi connectivity index (χ0v) is 9.50. The highest BCUT2D eigenvalue weighted by Gasteiger charge is 1.97. The van der Waals surface area contributed by atoms with Gasteiger partial charge in [0.1, 0.15) is 0 Å². The average Bonchev–Trinajstić information content (AvgIpc) is 2.02. The Labute approximate surface area is 90.8 Å². The second-order valence-corrected chi connectivity index (χ2v) is 3.94. The highest BCUT2D eigenvalue weighted by Crippen LogP contribution is 2.18. The zero-order chi connectivity index (χ0) is 9.84. The molecule has 0 saturated carbocycles. The number of halogens is 1. The van der Waals surface area contributed by atoms with Crippen molar-refractivity contribution in [3.63, 3.8) is 0 Å². The first-order valence-electron chi connectivity index (χ1n) is 3.66. The van der Waals surface area contributed by atoms with Crippen molar-refractivity contribution >= 4 is 38.9 Å². The molecule has 0 amide bonds. The van der Waals surface area contributed by atoms with Crippen molar-refractivity contribution in [3.8, 4) is 0 Å². The van der Waals surface area contributed by atoms with Gasteiger partial charge in [-0.3, -0.25) is 0 Å². The van der Waals surface area contributed by atoms with Gasteiger partial charge >= 0.3 is 0 Å². The van der Waals surface area contributed by atoms with Gasteiger partial charge in [-0.05, 0) is 42.9 Å². The Morgan fingerprint density at radius 2 is 2.15 bits per heavy atom. The smallest absolute Gasteiger partial charge is 0.185 e. The van der Waals surface area contributed by atoms with Gasteiger partial charge in [-0.1, -0.05) is 15.9 Å². The molecule has 0 heterocycles. The number of rotatable bonds is 1. The molecule has 5 heteroatoms. The van der Waals surface area contributed by atoms with E-state index in [1.54, 1.807) is 0 Å². The number of hydrazine groups is 1. The monoisotopic (exact) mass is 259 g/mol. The molecule has 0 spiro atoms. The van der Waals surface area contributed by atoms with Crippen molar-refractivity contribution in [2.75, 3.05) is 5.32 Å². The molecular weight excluding hydrogens is 250 g/mol. The minimum Gasteiger partial charge on any atom is -0.332 e.